The summed E-state index contributed by atoms with van der Waals surface area (Å²) in [5, 5.41) is 2.63. The SMILES string of the molecule is CCN(Cc1ccccc1F)C(=O)NC1CCN(c2cccc(OC(F)(F)F)c2)C1=O. The molecule has 3 rings (SSSR count). The van der Waals surface area contributed by atoms with Crippen LogP contribution in [0.2, 0.25) is 0 Å². The van der Waals surface area contributed by atoms with Gasteiger partial charge in [0.2, 0.25) is 5.91 Å². The number of hydrogen-bond acceptors (Lipinski definition) is 3. The average Bonchev–Trinajstić information content (AvgIpc) is 3.06. The molecule has 166 valence electrons. The lowest BCUT2D eigenvalue weighted by molar-refractivity contribution is -0.274. The Hall–Kier alpha value is -3.30. The van der Waals surface area contributed by atoms with Gasteiger partial charge in [0, 0.05) is 30.4 Å². The molecule has 6 nitrogen and oxygen atoms in total. The Morgan fingerprint density at radius 2 is 1.97 bits per heavy atom. The van der Waals surface area contributed by atoms with Gasteiger partial charge in [-0.25, -0.2) is 9.18 Å². The Bertz CT molecular complexity index is 951. The summed E-state index contributed by atoms with van der Waals surface area (Å²) < 4.78 is 55.1. The first-order valence-electron chi connectivity index (χ1n) is 9.64. The number of carbonyl (C=O) groups excluding carboxylic acids is 2. The maximum absolute atomic E-state index is 13.9. The van der Waals surface area contributed by atoms with Crippen LogP contribution in [0.25, 0.3) is 0 Å². The Labute approximate surface area is 176 Å². The number of nitrogens with one attached hydrogen (secondary N) is 1. The molecule has 1 atom stereocenters. The van der Waals surface area contributed by atoms with Gasteiger partial charge in [0.05, 0.1) is 6.54 Å². The molecule has 0 aliphatic carbocycles. The third kappa shape index (κ3) is 5.65. The van der Waals surface area contributed by atoms with E-state index >= 15 is 0 Å². The number of ether oxygens (including phenoxy) is 1. The lowest BCUT2D eigenvalue weighted by atomic mass is 10.2. The van der Waals surface area contributed by atoms with Crippen LogP contribution < -0.4 is 15.0 Å². The second-order valence-corrected chi connectivity index (χ2v) is 6.93. The van der Waals surface area contributed by atoms with E-state index in [0.717, 1.165) is 12.1 Å². The summed E-state index contributed by atoms with van der Waals surface area (Å²) in [6.45, 7) is 2.28. The maximum atomic E-state index is 13.9. The van der Waals surface area contributed by atoms with Gasteiger partial charge in [-0.15, -0.1) is 13.2 Å². The minimum Gasteiger partial charge on any atom is -0.406 e. The Balaban J connectivity index is 1.65. The molecule has 1 aliphatic rings. The van der Waals surface area contributed by atoms with Gasteiger partial charge in [0.25, 0.3) is 0 Å². The summed E-state index contributed by atoms with van der Waals surface area (Å²) in [7, 11) is 0. The van der Waals surface area contributed by atoms with Gasteiger partial charge in [-0.3, -0.25) is 4.79 Å². The van der Waals surface area contributed by atoms with Crippen LogP contribution >= 0.6 is 0 Å². The molecule has 2 aromatic carbocycles. The van der Waals surface area contributed by atoms with E-state index in [2.05, 4.69) is 10.1 Å². The van der Waals surface area contributed by atoms with Crippen molar-refractivity contribution in [1.82, 2.24) is 10.2 Å². The van der Waals surface area contributed by atoms with E-state index in [1.54, 1.807) is 25.1 Å². The Morgan fingerprint density at radius 3 is 2.65 bits per heavy atom. The normalized spacial score (nSPS) is 16.4. The minimum absolute atomic E-state index is 0.0382. The zero-order valence-corrected chi connectivity index (χ0v) is 16.7. The monoisotopic (exact) mass is 439 g/mol. The van der Waals surface area contributed by atoms with Crippen molar-refractivity contribution >= 4 is 17.6 Å². The van der Waals surface area contributed by atoms with Crippen molar-refractivity contribution < 1.29 is 31.9 Å². The predicted molar refractivity (Wildman–Crippen MR) is 105 cm³/mol. The van der Waals surface area contributed by atoms with E-state index in [1.807, 2.05) is 0 Å². The Morgan fingerprint density at radius 1 is 1.23 bits per heavy atom. The number of alkyl halides is 3. The molecule has 1 aliphatic heterocycles. The highest BCUT2D eigenvalue weighted by Gasteiger charge is 2.35. The second-order valence-electron chi connectivity index (χ2n) is 6.93. The first kappa shape index (κ1) is 22.4. The molecule has 0 bridgehead atoms. The molecule has 0 saturated carbocycles. The molecular formula is C21H21F4N3O3. The number of rotatable bonds is 6. The summed E-state index contributed by atoms with van der Waals surface area (Å²) in [6.07, 6.45) is -4.56. The fourth-order valence-corrected chi connectivity index (χ4v) is 3.32. The zero-order chi connectivity index (χ0) is 22.6. The lowest BCUT2D eigenvalue weighted by Crippen LogP contribution is -2.47. The van der Waals surface area contributed by atoms with Crippen LogP contribution in [0.3, 0.4) is 0 Å². The highest BCUT2D eigenvalue weighted by atomic mass is 19.4. The molecule has 1 heterocycles. The standard InChI is InChI=1S/C21H21F4N3O3/c1-2-27(13-14-6-3-4-9-17(14)22)20(30)26-18-10-11-28(19(18)29)15-7-5-8-16(12-15)31-21(23,24)25/h3-9,12,18H,2,10-11,13H2,1H3,(H,26,30). The lowest BCUT2D eigenvalue weighted by Gasteiger charge is -2.24. The van der Waals surface area contributed by atoms with Crippen LogP contribution in [0, 0.1) is 5.82 Å². The molecule has 1 saturated heterocycles. The number of urea groups is 1. The van der Waals surface area contributed by atoms with Crippen molar-refractivity contribution in [3.05, 3.63) is 59.9 Å². The first-order valence-corrected chi connectivity index (χ1v) is 9.64. The van der Waals surface area contributed by atoms with Crippen LogP contribution in [0.1, 0.15) is 18.9 Å². The number of amides is 3. The van der Waals surface area contributed by atoms with Crippen molar-refractivity contribution in [1.29, 1.82) is 0 Å². The molecule has 0 spiro atoms. The molecule has 3 amide bonds. The van der Waals surface area contributed by atoms with Gasteiger partial charge in [0.1, 0.15) is 17.6 Å². The highest BCUT2D eigenvalue weighted by Crippen LogP contribution is 2.29. The van der Waals surface area contributed by atoms with Crippen LogP contribution in [-0.2, 0) is 11.3 Å². The molecule has 1 unspecified atom stereocenters. The summed E-state index contributed by atoms with van der Waals surface area (Å²) >= 11 is 0. The second kappa shape index (κ2) is 9.23. The Kier molecular flexibility index (Phi) is 6.67. The third-order valence-corrected chi connectivity index (χ3v) is 4.85. The molecule has 2 aromatic rings. The van der Waals surface area contributed by atoms with E-state index in [9.17, 15) is 27.2 Å². The van der Waals surface area contributed by atoms with Crippen LogP contribution in [-0.4, -0.2) is 42.3 Å². The number of nitrogens with zero attached hydrogens (tertiary/aromatic N) is 2. The third-order valence-electron chi connectivity index (χ3n) is 4.85. The van der Waals surface area contributed by atoms with Crippen molar-refractivity contribution in [2.24, 2.45) is 0 Å². The number of anilines is 1. The fraction of sp³-hybridized carbons (Fsp3) is 0.333. The van der Waals surface area contributed by atoms with Crippen LogP contribution in [0.5, 0.6) is 5.75 Å². The van der Waals surface area contributed by atoms with Crippen LogP contribution in [0.15, 0.2) is 48.5 Å². The van der Waals surface area contributed by atoms with E-state index < -0.39 is 35.9 Å². The quantitative estimate of drug-likeness (QED) is 0.691. The molecule has 10 heteroatoms. The van der Waals surface area contributed by atoms with E-state index in [4.69, 9.17) is 0 Å². The van der Waals surface area contributed by atoms with E-state index in [0.29, 0.717) is 12.1 Å². The molecule has 31 heavy (non-hydrogen) atoms. The fourth-order valence-electron chi connectivity index (χ4n) is 3.32. The van der Waals surface area contributed by atoms with Crippen molar-refractivity contribution in [3.8, 4) is 5.75 Å². The summed E-state index contributed by atoms with van der Waals surface area (Å²) in [6, 6.07) is 9.82. The van der Waals surface area contributed by atoms with Crippen molar-refractivity contribution in [2.45, 2.75) is 32.3 Å². The summed E-state index contributed by atoms with van der Waals surface area (Å²) in [4.78, 5) is 28.0. The predicted octanol–water partition coefficient (Wildman–Crippen LogP) is 4.06. The first-order chi connectivity index (χ1) is 14.7. The number of benzene rings is 2. The minimum atomic E-state index is -4.84. The highest BCUT2D eigenvalue weighted by molar-refractivity contribution is 6.01. The van der Waals surface area contributed by atoms with Crippen LogP contribution in [0.4, 0.5) is 28.0 Å². The summed E-state index contributed by atoms with van der Waals surface area (Å²) in [5.74, 6) is -1.32. The molecular weight excluding hydrogens is 418 g/mol. The van der Waals surface area contributed by atoms with Gasteiger partial charge in [0.15, 0.2) is 0 Å². The zero-order valence-electron chi connectivity index (χ0n) is 16.7. The molecule has 0 aromatic heterocycles. The van der Waals surface area contributed by atoms with Crippen molar-refractivity contribution in [2.75, 3.05) is 18.0 Å². The van der Waals surface area contributed by atoms with Gasteiger partial charge >= 0.3 is 12.4 Å². The van der Waals surface area contributed by atoms with E-state index in [1.165, 1.54) is 28.0 Å². The maximum Gasteiger partial charge on any atom is 0.573 e. The van der Waals surface area contributed by atoms with Gasteiger partial charge < -0.3 is 19.9 Å². The largest absolute Gasteiger partial charge is 0.573 e. The smallest absolute Gasteiger partial charge is 0.406 e. The molecule has 1 fully saturated rings. The van der Waals surface area contributed by atoms with Crippen molar-refractivity contribution in [3.63, 3.8) is 0 Å². The van der Waals surface area contributed by atoms with Gasteiger partial charge in [-0.1, -0.05) is 24.3 Å². The van der Waals surface area contributed by atoms with Gasteiger partial charge in [-0.2, -0.15) is 0 Å². The van der Waals surface area contributed by atoms with E-state index in [-0.39, 0.29) is 25.2 Å². The number of halogens is 4. The van der Waals surface area contributed by atoms with Gasteiger partial charge in [-0.05, 0) is 31.5 Å². The molecule has 0 radical (unpaired) electrons. The topological polar surface area (TPSA) is 61.9 Å². The number of carbonyl (C=O) groups is 2. The number of hydrogen-bond donors (Lipinski definition) is 1. The summed E-state index contributed by atoms with van der Waals surface area (Å²) in [5.41, 5.74) is 0.586. The molecule has 1 N–H and O–H groups in total. The average molecular weight is 439 g/mol.